The van der Waals surface area contributed by atoms with Crippen LogP contribution in [-0.2, 0) is 17.6 Å². The molecule has 5 rings (SSSR count). The van der Waals surface area contributed by atoms with Crippen LogP contribution in [0.2, 0.25) is 10.0 Å². The summed E-state index contributed by atoms with van der Waals surface area (Å²) in [4.78, 5) is 12.4. The zero-order valence-electron chi connectivity index (χ0n) is 17.3. The van der Waals surface area contributed by atoms with Crippen molar-refractivity contribution in [3.8, 4) is 11.3 Å². The molecule has 0 saturated carbocycles. The van der Waals surface area contributed by atoms with Gasteiger partial charge in [0.05, 0.1) is 10.0 Å². The smallest absolute Gasteiger partial charge is 0.250 e. The number of furan rings is 1. The maximum absolute atomic E-state index is 12.4. The summed E-state index contributed by atoms with van der Waals surface area (Å²) in [6.07, 6.45) is 5.04. The zero-order valence-corrected chi connectivity index (χ0v) is 19.7. The molecule has 7 heteroatoms. The number of amides is 1. The Morgan fingerprint density at radius 1 is 0.970 bits per heavy atom. The van der Waals surface area contributed by atoms with Crippen molar-refractivity contribution >= 4 is 69.0 Å². The Morgan fingerprint density at radius 3 is 2.61 bits per heavy atom. The Labute approximate surface area is 206 Å². The summed E-state index contributed by atoms with van der Waals surface area (Å²) in [5.41, 5.74) is 4.26. The van der Waals surface area contributed by atoms with Crippen LogP contribution in [-0.4, -0.2) is 11.0 Å². The molecule has 0 fully saturated rings. The Bertz CT molecular complexity index is 1430. The third kappa shape index (κ3) is 4.40. The zero-order chi connectivity index (χ0) is 22.9. The number of benzene rings is 3. The van der Waals surface area contributed by atoms with E-state index in [0.717, 1.165) is 23.9 Å². The first-order valence-corrected chi connectivity index (χ1v) is 11.5. The van der Waals surface area contributed by atoms with E-state index in [1.807, 2.05) is 12.1 Å². The second kappa shape index (κ2) is 9.02. The first-order chi connectivity index (χ1) is 16.0. The molecule has 3 aromatic carbocycles. The van der Waals surface area contributed by atoms with E-state index in [4.69, 9.17) is 39.8 Å². The highest BCUT2D eigenvalue weighted by Gasteiger charge is 2.16. The van der Waals surface area contributed by atoms with Crippen LogP contribution in [0.15, 0.2) is 71.2 Å². The lowest BCUT2D eigenvalue weighted by Gasteiger charge is -2.12. The number of rotatable bonds is 4. The third-order valence-electron chi connectivity index (χ3n) is 5.60. The van der Waals surface area contributed by atoms with Gasteiger partial charge in [0.25, 0.3) is 0 Å². The van der Waals surface area contributed by atoms with E-state index in [9.17, 15) is 4.79 Å². The van der Waals surface area contributed by atoms with E-state index < -0.39 is 0 Å². The summed E-state index contributed by atoms with van der Waals surface area (Å²) < 4.78 is 5.77. The molecule has 0 aliphatic heterocycles. The SMILES string of the molecule is O=C(C=Cc1ccc(-c2cccc(Cl)c2Cl)o1)NC(=S)Nc1ccc2c3c(cccc13)CC2. The predicted molar refractivity (Wildman–Crippen MR) is 139 cm³/mol. The highest BCUT2D eigenvalue weighted by atomic mass is 35.5. The molecule has 4 nitrogen and oxygen atoms in total. The van der Waals surface area contributed by atoms with Gasteiger partial charge in [-0.05, 0) is 78.0 Å². The molecule has 1 aliphatic rings. The summed E-state index contributed by atoms with van der Waals surface area (Å²) in [7, 11) is 0. The van der Waals surface area contributed by atoms with Crippen LogP contribution in [0.1, 0.15) is 16.9 Å². The number of hydrogen-bond acceptors (Lipinski definition) is 3. The summed E-state index contributed by atoms with van der Waals surface area (Å²) >= 11 is 17.7. The lowest BCUT2D eigenvalue weighted by Crippen LogP contribution is -2.32. The van der Waals surface area contributed by atoms with E-state index in [1.54, 1.807) is 30.3 Å². The van der Waals surface area contributed by atoms with Crippen molar-refractivity contribution in [1.82, 2.24) is 5.32 Å². The molecular weight excluding hydrogens is 475 g/mol. The first kappa shape index (κ1) is 21.7. The monoisotopic (exact) mass is 492 g/mol. The third-order valence-corrected chi connectivity index (χ3v) is 6.63. The maximum atomic E-state index is 12.4. The van der Waals surface area contributed by atoms with Gasteiger partial charge in [-0.2, -0.15) is 0 Å². The lowest BCUT2D eigenvalue weighted by atomic mass is 10.0. The van der Waals surface area contributed by atoms with Gasteiger partial charge in [0.2, 0.25) is 5.91 Å². The molecule has 1 aromatic heterocycles. The van der Waals surface area contributed by atoms with Gasteiger partial charge in [-0.25, -0.2) is 0 Å². The molecule has 164 valence electrons. The number of thiocarbonyl (C=S) groups is 1. The van der Waals surface area contributed by atoms with Crippen LogP contribution in [0.25, 0.3) is 28.2 Å². The fraction of sp³-hybridized carbons (Fsp3) is 0.0769. The van der Waals surface area contributed by atoms with Gasteiger partial charge >= 0.3 is 0 Å². The average molecular weight is 493 g/mol. The number of anilines is 1. The van der Waals surface area contributed by atoms with Crippen molar-refractivity contribution in [2.45, 2.75) is 12.8 Å². The molecule has 0 atom stereocenters. The topological polar surface area (TPSA) is 54.3 Å². The first-order valence-electron chi connectivity index (χ1n) is 10.4. The fourth-order valence-electron chi connectivity index (χ4n) is 4.10. The standard InChI is InChI=1S/C26H18Cl2N2O2S/c27-20-6-2-5-19(25(20)28)22-13-10-17(32-22)11-14-23(31)30-26(33)29-21-12-9-16-8-7-15-3-1-4-18(21)24(15)16/h1-6,9-14H,7-8H2,(H2,29,30,31,33). The summed E-state index contributed by atoms with van der Waals surface area (Å²) in [6, 6.07) is 19.3. The Balaban J connectivity index is 1.25. The van der Waals surface area contributed by atoms with Crippen molar-refractivity contribution in [2.24, 2.45) is 0 Å². The van der Waals surface area contributed by atoms with Gasteiger partial charge in [-0.3, -0.25) is 10.1 Å². The normalized spacial score (nSPS) is 12.4. The summed E-state index contributed by atoms with van der Waals surface area (Å²) in [5.74, 6) is 0.701. The van der Waals surface area contributed by atoms with E-state index in [-0.39, 0.29) is 11.0 Å². The van der Waals surface area contributed by atoms with E-state index >= 15 is 0 Å². The number of aryl methyl sites for hydroxylation is 2. The molecule has 1 heterocycles. The van der Waals surface area contributed by atoms with Gasteiger partial charge in [0.1, 0.15) is 11.5 Å². The second-order valence-corrected chi connectivity index (χ2v) is 8.89. The Kier molecular flexibility index (Phi) is 5.94. The molecule has 1 amide bonds. The molecule has 0 saturated heterocycles. The van der Waals surface area contributed by atoms with Crippen molar-refractivity contribution in [3.05, 3.63) is 93.7 Å². The largest absolute Gasteiger partial charge is 0.457 e. The average Bonchev–Trinajstić information content (AvgIpc) is 3.44. The maximum Gasteiger partial charge on any atom is 0.250 e. The number of hydrogen-bond donors (Lipinski definition) is 2. The molecule has 1 aliphatic carbocycles. The fourth-order valence-corrected chi connectivity index (χ4v) is 4.71. The van der Waals surface area contributed by atoms with Gasteiger partial charge in [0.15, 0.2) is 5.11 Å². The van der Waals surface area contributed by atoms with Gasteiger partial charge < -0.3 is 9.73 Å². The molecular formula is C26H18Cl2N2O2S. The summed E-state index contributed by atoms with van der Waals surface area (Å²) in [5, 5.41) is 9.31. The van der Waals surface area contributed by atoms with Crippen LogP contribution >= 0.6 is 35.4 Å². The number of nitrogens with one attached hydrogen (secondary N) is 2. The Morgan fingerprint density at radius 2 is 1.76 bits per heavy atom. The van der Waals surface area contributed by atoms with Crippen LogP contribution in [0, 0.1) is 0 Å². The minimum atomic E-state index is -0.364. The summed E-state index contributed by atoms with van der Waals surface area (Å²) in [6.45, 7) is 0. The molecule has 2 N–H and O–H groups in total. The van der Waals surface area contributed by atoms with Gasteiger partial charge in [-0.15, -0.1) is 0 Å². The van der Waals surface area contributed by atoms with Crippen molar-refractivity contribution in [3.63, 3.8) is 0 Å². The number of halogens is 2. The van der Waals surface area contributed by atoms with E-state index in [1.165, 1.54) is 22.6 Å². The van der Waals surface area contributed by atoms with Crippen LogP contribution in [0.5, 0.6) is 0 Å². The minimum absolute atomic E-state index is 0.231. The molecule has 33 heavy (non-hydrogen) atoms. The van der Waals surface area contributed by atoms with Crippen LogP contribution < -0.4 is 10.6 Å². The quantitative estimate of drug-likeness (QED) is 0.237. The molecule has 0 unspecified atom stereocenters. The van der Waals surface area contributed by atoms with E-state index in [2.05, 4.69) is 34.9 Å². The van der Waals surface area contributed by atoms with Crippen molar-refractivity contribution < 1.29 is 9.21 Å². The minimum Gasteiger partial charge on any atom is -0.457 e. The number of carbonyl (C=O) groups is 1. The van der Waals surface area contributed by atoms with Gasteiger partial charge in [-0.1, -0.05) is 53.5 Å². The van der Waals surface area contributed by atoms with Crippen molar-refractivity contribution in [2.75, 3.05) is 5.32 Å². The van der Waals surface area contributed by atoms with Gasteiger partial charge in [0, 0.05) is 22.7 Å². The van der Waals surface area contributed by atoms with E-state index in [0.29, 0.717) is 27.1 Å². The highest BCUT2D eigenvalue weighted by Crippen LogP contribution is 2.35. The molecule has 0 spiro atoms. The van der Waals surface area contributed by atoms with Crippen LogP contribution in [0.3, 0.4) is 0 Å². The lowest BCUT2D eigenvalue weighted by molar-refractivity contribution is -0.115. The second-order valence-electron chi connectivity index (χ2n) is 7.69. The molecule has 4 aromatic rings. The molecule has 0 radical (unpaired) electrons. The van der Waals surface area contributed by atoms with Crippen LogP contribution in [0.4, 0.5) is 5.69 Å². The predicted octanol–water partition coefficient (Wildman–Crippen LogP) is 7.03. The highest BCUT2D eigenvalue weighted by molar-refractivity contribution is 7.80. The molecule has 0 bridgehead atoms. The number of carbonyl (C=O) groups excluding carboxylic acids is 1. The van der Waals surface area contributed by atoms with Crippen molar-refractivity contribution in [1.29, 1.82) is 0 Å². The Hall–Kier alpha value is -3.12.